The Kier molecular flexibility index (Phi) is 4.22. The standard InChI is InChI=1S/C9H11Br2NO/c10-7-4-6(2-1-3-12)9(13)8(11)5-7/h4-5,13H,1-3,12H2. The van der Waals surface area contributed by atoms with Gasteiger partial charge in [0.05, 0.1) is 4.47 Å². The Hall–Kier alpha value is -0.0600. The highest BCUT2D eigenvalue weighted by molar-refractivity contribution is 9.11. The van der Waals surface area contributed by atoms with Gasteiger partial charge < -0.3 is 10.8 Å². The zero-order chi connectivity index (χ0) is 9.84. The monoisotopic (exact) mass is 307 g/mol. The molecular weight excluding hydrogens is 298 g/mol. The summed E-state index contributed by atoms with van der Waals surface area (Å²) < 4.78 is 1.68. The largest absolute Gasteiger partial charge is 0.506 e. The molecule has 0 unspecified atom stereocenters. The summed E-state index contributed by atoms with van der Waals surface area (Å²) in [6, 6.07) is 3.73. The first-order chi connectivity index (χ1) is 6.15. The van der Waals surface area contributed by atoms with Crippen LogP contribution >= 0.6 is 31.9 Å². The molecule has 0 aromatic heterocycles. The van der Waals surface area contributed by atoms with Gasteiger partial charge >= 0.3 is 0 Å². The fourth-order valence-electron chi connectivity index (χ4n) is 1.10. The van der Waals surface area contributed by atoms with E-state index in [0.29, 0.717) is 16.8 Å². The highest BCUT2D eigenvalue weighted by Crippen LogP contribution is 2.32. The quantitative estimate of drug-likeness (QED) is 0.902. The third-order valence-corrected chi connectivity index (χ3v) is 2.82. The number of aromatic hydroxyl groups is 1. The highest BCUT2D eigenvalue weighted by Gasteiger charge is 2.06. The predicted molar refractivity (Wildman–Crippen MR) is 60.9 cm³/mol. The lowest BCUT2D eigenvalue weighted by molar-refractivity contribution is 0.463. The van der Waals surface area contributed by atoms with Crippen LogP contribution in [0.2, 0.25) is 0 Å². The molecule has 13 heavy (non-hydrogen) atoms. The van der Waals surface area contributed by atoms with Crippen molar-refractivity contribution in [3.05, 3.63) is 26.6 Å². The van der Waals surface area contributed by atoms with Crippen molar-refractivity contribution >= 4 is 31.9 Å². The summed E-state index contributed by atoms with van der Waals surface area (Å²) in [4.78, 5) is 0. The van der Waals surface area contributed by atoms with Crippen molar-refractivity contribution in [3.63, 3.8) is 0 Å². The van der Waals surface area contributed by atoms with Gasteiger partial charge in [0.2, 0.25) is 0 Å². The minimum Gasteiger partial charge on any atom is -0.506 e. The van der Waals surface area contributed by atoms with E-state index in [4.69, 9.17) is 5.73 Å². The maximum atomic E-state index is 9.64. The van der Waals surface area contributed by atoms with Crippen LogP contribution in [0.1, 0.15) is 12.0 Å². The van der Waals surface area contributed by atoms with Crippen LogP contribution in [0.3, 0.4) is 0 Å². The number of benzene rings is 1. The minimum absolute atomic E-state index is 0.316. The third-order valence-electron chi connectivity index (χ3n) is 1.76. The summed E-state index contributed by atoms with van der Waals surface area (Å²) in [5.74, 6) is 0.316. The fourth-order valence-corrected chi connectivity index (χ4v) is 2.42. The number of hydrogen-bond acceptors (Lipinski definition) is 2. The summed E-state index contributed by atoms with van der Waals surface area (Å²) >= 11 is 6.64. The van der Waals surface area contributed by atoms with Gasteiger partial charge in [-0.1, -0.05) is 15.9 Å². The molecule has 0 heterocycles. The van der Waals surface area contributed by atoms with E-state index in [0.717, 1.165) is 22.9 Å². The van der Waals surface area contributed by atoms with Gasteiger partial charge in [-0.25, -0.2) is 0 Å². The second-order valence-corrected chi connectivity index (χ2v) is 4.56. The maximum absolute atomic E-state index is 9.64. The van der Waals surface area contributed by atoms with E-state index in [1.54, 1.807) is 0 Å². The molecule has 1 aromatic rings. The van der Waals surface area contributed by atoms with E-state index in [-0.39, 0.29) is 0 Å². The molecule has 0 amide bonds. The highest BCUT2D eigenvalue weighted by atomic mass is 79.9. The number of rotatable bonds is 3. The van der Waals surface area contributed by atoms with Gasteiger partial charge in [0.1, 0.15) is 5.75 Å². The van der Waals surface area contributed by atoms with Gasteiger partial charge in [0, 0.05) is 4.47 Å². The Balaban J connectivity index is 2.92. The Morgan fingerprint density at radius 1 is 1.31 bits per heavy atom. The lowest BCUT2D eigenvalue weighted by Crippen LogP contribution is -2.00. The van der Waals surface area contributed by atoms with Gasteiger partial charge in [-0.2, -0.15) is 0 Å². The van der Waals surface area contributed by atoms with Crippen LogP contribution < -0.4 is 5.73 Å². The van der Waals surface area contributed by atoms with Crippen molar-refractivity contribution in [2.45, 2.75) is 12.8 Å². The van der Waals surface area contributed by atoms with Gasteiger partial charge in [-0.3, -0.25) is 0 Å². The van der Waals surface area contributed by atoms with Gasteiger partial charge in [-0.05, 0) is 53.0 Å². The lowest BCUT2D eigenvalue weighted by atomic mass is 10.1. The van der Waals surface area contributed by atoms with E-state index in [2.05, 4.69) is 31.9 Å². The average Bonchev–Trinajstić information content (AvgIpc) is 2.09. The van der Waals surface area contributed by atoms with Crippen LogP contribution in [0.5, 0.6) is 5.75 Å². The zero-order valence-electron chi connectivity index (χ0n) is 7.06. The second-order valence-electron chi connectivity index (χ2n) is 2.79. The number of nitrogens with two attached hydrogens (primary N) is 1. The molecule has 72 valence electrons. The molecule has 0 bridgehead atoms. The topological polar surface area (TPSA) is 46.2 Å². The number of halogens is 2. The van der Waals surface area contributed by atoms with Crippen molar-refractivity contribution in [2.75, 3.05) is 6.54 Å². The number of aryl methyl sites for hydroxylation is 1. The zero-order valence-corrected chi connectivity index (χ0v) is 10.2. The Labute approximate surface area is 94.4 Å². The Morgan fingerprint density at radius 2 is 2.00 bits per heavy atom. The molecule has 0 spiro atoms. The molecule has 1 aromatic carbocycles. The SMILES string of the molecule is NCCCc1cc(Br)cc(Br)c1O. The fraction of sp³-hybridized carbons (Fsp3) is 0.333. The molecular formula is C9H11Br2NO. The summed E-state index contributed by atoms with van der Waals surface area (Å²) in [6.45, 7) is 0.642. The van der Waals surface area contributed by atoms with E-state index in [9.17, 15) is 5.11 Å². The molecule has 2 nitrogen and oxygen atoms in total. The molecule has 1 rings (SSSR count). The molecule has 0 fully saturated rings. The first-order valence-electron chi connectivity index (χ1n) is 4.02. The molecule has 0 radical (unpaired) electrons. The van der Waals surface area contributed by atoms with E-state index in [1.807, 2.05) is 12.1 Å². The number of phenolic OH excluding ortho intramolecular Hbond substituents is 1. The van der Waals surface area contributed by atoms with Crippen LogP contribution in [-0.4, -0.2) is 11.7 Å². The Bertz CT molecular complexity index is 302. The van der Waals surface area contributed by atoms with Gasteiger partial charge in [0.15, 0.2) is 0 Å². The van der Waals surface area contributed by atoms with Crippen LogP contribution in [0.15, 0.2) is 21.1 Å². The van der Waals surface area contributed by atoms with Crippen LogP contribution in [0.25, 0.3) is 0 Å². The third kappa shape index (κ3) is 2.97. The van der Waals surface area contributed by atoms with Crippen molar-refractivity contribution in [1.29, 1.82) is 0 Å². The lowest BCUT2D eigenvalue weighted by Gasteiger charge is -2.06. The molecule has 0 atom stereocenters. The van der Waals surface area contributed by atoms with Crippen LogP contribution in [0.4, 0.5) is 0 Å². The first kappa shape index (κ1) is 11.0. The Morgan fingerprint density at radius 3 is 2.62 bits per heavy atom. The van der Waals surface area contributed by atoms with Crippen molar-refractivity contribution in [3.8, 4) is 5.75 Å². The van der Waals surface area contributed by atoms with Crippen molar-refractivity contribution in [1.82, 2.24) is 0 Å². The minimum atomic E-state index is 0.316. The second kappa shape index (κ2) is 4.98. The smallest absolute Gasteiger partial charge is 0.133 e. The maximum Gasteiger partial charge on any atom is 0.133 e. The van der Waals surface area contributed by atoms with Crippen molar-refractivity contribution < 1.29 is 5.11 Å². The number of phenols is 1. The molecule has 0 aliphatic carbocycles. The summed E-state index contributed by atoms with van der Waals surface area (Å²) in [6.07, 6.45) is 1.69. The molecule has 3 N–H and O–H groups in total. The van der Waals surface area contributed by atoms with Crippen LogP contribution in [-0.2, 0) is 6.42 Å². The van der Waals surface area contributed by atoms with Gasteiger partial charge in [-0.15, -0.1) is 0 Å². The normalized spacial score (nSPS) is 10.4. The molecule has 0 aliphatic rings. The summed E-state index contributed by atoms with van der Waals surface area (Å²) in [7, 11) is 0. The van der Waals surface area contributed by atoms with E-state index in [1.165, 1.54) is 0 Å². The molecule has 4 heteroatoms. The summed E-state index contributed by atoms with van der Waals surface area (Å²) in [5, 5.41) is 9.64. The van der Waals surface area contributed by atoms with Gasteiger partial charge in [0.25, 0.3) is 0 Å². The molecule has 0 saturated carbocycles. The number of hydrogen-bond donors (Lipinski definition) is 2. The molecule has 0 aliphatic heterocycles. The first-order valence-corrected chi connectivity index (χ1v) is 5.60. The van der Waals surface area contributed by atoms with E-state index >= 15 is 0 Å². The van der Waals surface area contributed by atoms with Crippen LogP contribution in [0, 0.1) is 0 Å². The van der Waals surface area contributed by atoms with E-state index < -0.39 is 0 Å². The van der Waals surface area contributed by atoms with Crippen molar-refractivity contribution in [2.24, 2.45) is 5.73 Å². The summed E-state index contributed by atoms with van der Waals surface area (Å²) in [5.41, 5.74) is 6.32. The average molecular weight is 309 g/mol. The predicted octanol–water partition coefficient (Wildman–Crippen LogP) is 2.81. The molecule has 0 saturated heterocycles.